The molecule has 0 aliphatic carbocycles. The number of rotatable bonds is 3. The highest BCUT2D eigenvalue weighted by Gasteiger charge is 2.32. The lowest BCUT2D eigenvalue weighted by atomic mass is 10.1. The summed E-state index contributed by atoms with van der Waals surface area (Å²) in [5.74, 6) is 0. The highest BCUT2D eigenvalue weighted by atomic mass is 35.5. The lowest BCUT2D eigenvalue weighted by Crippen LogP contribution is -2.35. The Labute approximate surface area is 99.6 Å². The molecule has 1 aromatic carbocycles. The van der Waals surface area contributed by atoms with E-state index in [1.165, 1.54) is 0 Å². The summed E-state index contributed by atoms with van der Waals surface area (Å²) in [6.07, 6.45) is 0.967. The van der Waals surface area contributed by atoms with E-state index in [0.29, 0.717) is 18.0 Å². The molecule has 2 atom stereocenters. The first kappa shape index (κ1) is 11.6. The Hall–Kier alpha value is -0.900. The van der Waals surface area contributed by atoms with Crippen molar-refractivity contribution in [2.45, 2.75) is 25.1 Å². The molecule has 1 aliphatic heterocycles. The van der Waals surface area contributed by atoms with Gasteiger partial charge in [-0.15, -0.1) is 0 Å². The van der Waals surface area contributed by atoms with Crippen LogP contribution >= 0.6 is 11.6 Å². The Morgan fingerprint density at radius 3 is 2.75 bits per heavy atom. The monoisotopic (exact) mass is 239 g/mol. The van der Waals surface area contributed by atoms with E-state index in [1.807, 2.05) is 29.2 Å². The number of aliphatic hydroxyl groups excluding tert-OH is 1. The van der Waals surface area contributed by atoms with Gasteiger partial charge in [-0.05, 0) is 24.1 Å². The molecule has 1 heterocycles. The van der Waals surface area contributed by atoms with Gasteiger partial charge in [0.1, 0.15) is 6.29 Å². The van der Waals surface area contributed by atoms with Crippen LogP contribution in [0.5, 0.6) is 0 Å². The largest absolute Gasteiger partial charge is 0.391 e. The van der Waals surface area contributed by atoms with E-state index < -0.39 is 6.10 Å². The summed E-state index contributed by atoms with van der Waals surface area (Å²) in [5, 5.41) is 10.3. The zero-order chi connectivity index (χ0) is 11.5. The van der Waals surface area contributed by atoms with Crippen molar-refractivity contribution >= 4 is 17.9 Å². The second-order valence-electron chi connectivity index (χ2n) is 4.08. The summed E-state index contributed by atoms with van der Waals surface area (Å²) >= 11 is 5.80. The van der Waals surface area contributed by atoms with E-state index in [9.17, 15) is 9.90 Å². The summed E-state index contributed by atoms with van der Waals surface area (Å²) in [4.78, 5) is 12.8. The Bertz CT molecular complexity index is 366. The van der Waals surface area contributed by atoms with Crippen LogP contribution in [-0.2, 0) is 11.3 Å². The molecule has 0 bridgehead atoms. The molecule has 1 N–H and O–H groups in total. The molecule has 1 aliphatic rings. The van der Waals surface area contributed by atoms with Gasteiger partial charge in [0, 0.05) is 18.1 Å². The van der Waals surface area contributed by atoms with Crippen LogP contribution in [0.25, 0.3) is 0 Å². The van der Waals surface area contributed by atoms with Crippen LogP contribution in [0, 0.1) is 0 Å². The second kappa shape index (κ2) is 4.95. The van der Waals surface area contributed by atoms with Gasteiger partial charge in [0.2, 0.25) is 0 Å². The van der Waals surface area contributed by atoms with Crippen LogP contribution in [0.3, 0.4) is 0 Å². The first-order valence-corrected chi connectivity index (χ1v) is 5.70. The number of nitrogens with zero attached hydrogens (tertiary/aromatic N) is 1. The smallest absolute Gasteiger partial charge is 0.139 e. The van der Waals surface area contributed by atoms with Gasteiger partial charge in [0.25, 0.3) is 0 Å². The molecule has 86 valence electrons. The lowest BCUT2D eigenvalue weighted by molar-refractivity contribution is -0.113. The van der Waals surface area contributed by atoms with Gasteiger partial charge in [-0.3, -0.25) is 4.90 Å². The molecule has 3 nitrogen and oxygen atoms in total. The van der Waals surface area contributed by atoms with Gasteiger partial charge in [-0.2, -0.15) is 0 Å². The predicted molar refractivity (Wildman–Crippen MR) is 62.3 cm³/mol. The molecule has 0 aromatic heterocycles. The van der Waals surface area contributed by atoms with Gasteiger partial charge in [0.05, 0.1) is 12.1 Å². The second-order valence-corrected chi connectivity index (χ2v) is 4.52. The molecule has 16 heavy (non-hydrogen) atoms. The Kier molecular flexibility index (Phi) is 3.59. The lowest BCUT2D eigenvalue weighted by Gasteiger charge is -2.21. The number of halogens is 1. The highest BCUT2D eigenvalue weighted by Crippen LogP contribution is 2.20. The summed E-state index contributed by atoms with van der Waals surface area (Å²) in [6.45, 7) is 1.44. The maximum Gasteiger partial charge on any atom is 0.139 e. The summed E-state index contributed by atoms with van der Waals surface area (Å²) in [5.41, 5.74) is 1.10. The van der Waals surface area contributed by atoms with Crippen LogP contribution < -0.4 is 0 Å². The first-order valence-electron chi connectivity index (χ1n) is 5.32. The standard InChI is InChI=1S/C12H14ClNO2/c13-10-3-1-9(2-4-10)7-14-6-5-12(16)11(14)8-15/h1-4,8,11-12,16H,5-7H2/t11?,12-/m0/s1. The minimum atomic E-state index is -0.523. The number of likely N-dealkylation sites (tertiary alicyclic amines) is 1. The number of hydrogen-bond donors (Lipinski definition) is 1. The number of aliphatic hydroxyl groups is 1. The van der Waals surface area contributed by atoms with Crippen LogP contribution in [-0.4, -0.2) is 35.0 Å². The molecular weight excluding hydrogens is 226 g/mol. The number of hydrogen-bond acceptors (Lipinski definition) is 3. The fourth-order valence-corrected chi connectivity index (χ4v) is 2.17. The predicted octanol–water partition coefficient (Wildman–Crippen LogP) is 1.47. The highest BCUT2D eigenvalue weighted by molar-refractivity contribution is 6.30. The molecule has 1 aromatic rings. The summed E-state index contributed by atoms with van der Waals surface area (Å²) in [7, 11) is 0. The topological polar surface area (TPSA) is 40.5 Å². The van der Waals surface area contributed by atoms with Gasteiger partial charge in [-0.1, -0.05) is 23.7 Å². The first-order chi connectivity index (χ1) is 7.70. The normalized spacial score (nSPS) is 25.9. The number of aldehydes is 1. The van der Waals surface area contributed by atoms with Gasteiger partial charge >= 0.3 is 0 Å². The van der Waals surface area contributed by atoms with Crippen LogP contribution in [0.2, 0.25) is 5.02 Å². The van der Waals surface area contributed by atoms with Crippen LogP contribution in [0.1, 0.15) is 12.0 Å². The summed E-state index contributed by atoms with van der Waals surface area (Å²) < 4.78 is 0. The van der Waals surface area contributed by atoms with E-state index in [1.54, 1.807) is 0 Å². The maximum atomic E-state index is 10.8. The Morgan fingerprint density at radius 2 is 2.12 bits per heavy atom. The fourth-order valence-electron chi connectivity index (χ4n) is 2.05. The molecule has 1 unspecified atom stereocenters. The molecule has 0 saturated carbocycles. The third-order valence-corrected chi connectivity index (χ3v) is 3.22. The van der Waals surface area contributed by atoms with Crippen molar-refractivity contribution in [3.8, 4) is 0 Å². The van der Waals surface area contributed by atoms with Crippen molar-refractivity contribution in [3.63, 3.8) is 0 Å². The average molecular weight is 240 g/mol. The van der Waals surface area contributed by atoms with E-state index in [-0.39, 0.29) is 6.04 Å². The van der Waals surface area contributed by atoms with E-state index in [0.717, 1.165) is 18.4 Å². The van der Waals surface area contributed by atoms with Crippen molar-refractivity contribution in [1.82, 2.24) is 4.90 Å². The Morgan fingerprint density at radius 1 is 1.44 bits per heavy atom. The molecule has 1 saturated heterocycles. The number of carbonyl (C=O) groups excluding carboxylic acids is 1. The van der Waals surface area contributed by atoms with E-state index >= 15 is 0 Å². The fraction of sp³-hybridized carbons (Fsp3) is 0.417. The van der Waals surface area contributed by atoms with Gasteiger partial charge < -0.3 is 9.90 Å². The number of carbonyl (C=O) groups is 1. The van der Waals surface area contributed by atoms with Crippen molar-refractivity contribution in [2.24, 2.45) is 0 Å². The zero-order valence-corrected chi connectivity index (χ0v) is 9.60. The van der Waals surface area contributed by atoms with Gasteiger partial charge in [0.15, 0.2) is 0 Å². The molecular formula is C12H14ClNO2. The third-order valence-electron chi connectivity index (χ3n) is 2.97. The Balaban J connectivity index is 2.04. The van der Waals surface area contributed by atoms with Crippen molar-refractivity contribution in [3.05, 3.63) is 34.9 Å². The van der Waals surface area contributed by atoms with E-state index in [4.69, 9.17) is 11.6 Å². The molecule has 4 heteroatoms. The molecule has 0 radical (unpaired) electrons. The quantitative estimate of drug-likeness (QED) is 0.813. The van der Waals surface area contributed by atoms with Crippen molar-refractivity contribution in [1.29, 1.82) is 0 Å². The average Bonchev–Trinajstić information content (AvgIpc) is 2.63. The van der Waals surface area contributed by atoms with Crippen LogP contribution in [0.15, 0.2) is 24.3 Å². The van der Waals surface area contributed by atoms with E-state index in [2.05, 4.69) is 0 Å². The molecule has 2 rings (SSSR count). The summed E-state index contributed by atoms with van der Waals surface area (Å²) in [6, 6.07) is 7.18. The molecule has 1 fully saturated rings. The molecule has 0 spiro atoms. The van der Waals surface area contributed by atoms with Gasteiger partial charge in [-0.25, -0.2) is 0 Å². The zero-order valence-electron chi connectivity index (χ0n) is 8.84. The molecule has 0 amide bonds. The third kappa shape index (κ3) is 2.43. The SMILES string of the molecule is O=CC1[C@@H](O)CCN1Cc1ccc(Cl)cc1. The van der Waals surface area contributed by atoms with Crippen molar-refractivity contribution < 1.29 is 9.90 Å². The van der Waals surface area contributed by atoms with Crippen molar-refractivity contribution in [2.75, 3.05) is 6.54 Å². The minimum absolute atomic E-state index is 0.365. The van der Waals surface area contributed by atoms with Crippen LogP contribution in [0.4, 0.5) is 0 Å². The maximum absolute atomic E-state index is 10.8. The number of benzene rings is 1. The minimum Gasteiger partial charge on any atom is -0.391 e.